The van der Waals surface area contributed by atoms with E-state index in [2.05, 4.69) is 4.74 Å². The molecule has 0 radical (unpaired) electrons. The zero-order chi connectivity index (χ0) is 16.4. The summed E-state index contributed by atoms with van der Waals surface area (Å²) in [5, 5.41) is -1.34. The van der Waals surface area contributed by atoms with E-state index in [1.54, 1.807) is 20.8 Å². The van der Waals surface area contributed by atoms with Crippen molar-refractivity contribution in [3.8, 4) is 0 Å². The van der Waals surface area contributed by atoms with Gasteiger partial charge in [-0.3, -0.25) is 9.59 Å². The lowest BCUT2D eigenvalue weighted by molar-refractivity contribution is -0.158. The summed E-state index contributed by atoms with van der Waals surface area (Å²) >= 11 is 0. The van der Waals surface area contributed by atoms with Gasteiger partial charge in [0.2, 0.25) is 10.0 Å². The summed E-state index contributed by atoms with van der Waals surface area (Å²) in [7, 11) is -2.81. The second-order valence-corrected chi connectivity index (χ2v) is 8.22. The van der Waals surface area contributed by atoms with Crippen LogP contribution in [-0.2, 0) is 29.1 Å². The molecule has 1 aliphatic rings. The van der Waals surface area contributed by atoms with E-state index in [0.29, 0.717) is 12.8 Å². The van der Waals surface area contributed by atoms with Crippen LogP contribution in [-0.4, -0.2) is 55.2 Å². The number of nitrogens with zero attached hydrogens (tertiary/aromatic N) is 1. The Hall–Kier alpha value is -1.15. The molecule has 0 aromatic carbocycles. The maximum absolute atomic E-state index is 12.4. The molecule has 1 unspecified atom stereocenters. The van der Waals surface area contributed by atoms with Crippen LogP contribution in [0.2, 0.25) is 0 Å². The second-order valence-electron chi connectivity index (χ2n) is 6.01. The number of carbonyl (C=O) groups excluding carboxylic acids is 2. The number of ether oxygens (including phenoxy) is 2. The van der Waals surface area contributed by atoms with Crippen LogP contribution in [0.5, 0.6) is 0 Å². The van der Waals surface area contributed by atoms with Gasteiger partial charge >= 0.3 is 11.9 Å². The SMILES string of the molecule is COC(=O)C(C)S(=O)(=O)N1CCC[C@@H]1C(=O)OC(C)(C)C. The number of hydrogen-bond donors (Lipinski definition) is 0. The van der Waals surface area contributed by atoms with Gasteiger partial charge in [-0.15, -0.1) is 0 Å². The first kappa shape index (κ1) is 17.9. The molecule has 7 nitrogen and oxygen atoms in total. The van der Waals surface area contributed by atoms with Crippen LogP contribution in [0.4, 0.5) is 0 Å². The molecule has 0 aromatic heterocycles. The highest BCUT2D eigenvalue weighted by atomic mass is 32.2. The molecule has 2 atom stereocenters. The minimum Gasteiger partial charge on any atom is -0.468 e. The highest BCUT2D eigenvalue weighted by molar-refractivity contribution is 7.90. The monoisotopic (exact) mass is 321 g/mol. The number of rotatable bonds is 4. The van der Waals surface area contributed by atoms with Crippen LogP contribution in [0.25, 0.3) is 0 Å². The Morgan fingerprint density at radius 1 is 1.29 bits per heavy atom. The highest BCUT2D eigenvalue weighted by Crippen LogP contribution is 2.26. The van der Waals surface area contributed by atoms with Crippen molar-refractivity contribution < 1.29 is 27.5 Å². The van der Waals surface area contributed by atoms with Crippen LogP contribution in [0.1, 0.15) is 40.5 Å². The molecule has 1 rings (SSSR count). The van der Waals surface area contributed by atoms with Crippen LogP contribution in [0, 0.1) is 0 Å². The molecular formula is C13H23NO6S. The van der Waals surface area contributed by atoms with Gasteiger partial charge < -0.3 is 9.47 Å². The smallest absolute Gasteiger partial charge is 0.325 e. The molecule has 8 heteroatoms. The normalized spacial score (nSPS) is 21.9. The number of carbonyl (C=O) groups is 2. The average molecular weight is 321 g/mol. The van der Waals surface area contributed by atoms with Crippen LogP contribution < -0.4 is 0 Å². The van der Waals surface area contributed by atoms with Crippen molar-refractivity contribution in [3.63, 3.8) is 0 Å². The summed E-state index contributed by atoms with van der Waals surface area (Å²) in [6.45, 7) is 6.61. The molecule has 0 saturated carbocycles. The minimum absolute atomic E-state index is 0.202. The standard InChI is InChI=1S/C13H23NO6S/c1-9(11(15)19-5)21(17,18)14-8-6-7-10(14)12(16)20-13(2,3)4/h9-10H,6-8H2,1-5H3/t9?,10-/m1/s1. The van der Waals surface area contributed by atoms with Gasteiger partial charge in [0.25, 0.3) is 0 Å². The lowest BCUT2D eigenvalue weighted by atomic mass is 10.2. The van der Waals surface area contributed by atoms with Crippen molar-refractivity contribution in [1.29, 1.82) is 0 Å². The second kappa shape index (κ2) is 6.31. The Bertz CT molecular complexity index is 507. The van der Waals surface area contributed by atoms with Gasteiger partial charge in [0.1, 0.15) is 11.6 Å². The Balaban J connectivity index is 2.96. The Morgan fingerprint density at radius 2 is 1.86 bits per heavy atom. The van der Waals surface area contributed by atoms with Crippen molar-refractivity contribution in [2.45, 2.75) is 57.4 Å². The third kappa shape index (κ3) is 4.16. The lowest BCUT2D eigenvalue weighted by Gasteiger charge is -2.28. The molecular weight excluding hydrogens is 298 g/mol. The van der Waals surface area contributed by atoms with E-state index in [9.17, 15) is 18.0 Å². The van der Waals surface area contributed by atoms with E-state index in [4.69, 9.17) is 4.74 Å². The topological polar surface area (TPSA) is 90.0 Å². The largest absolute Gasteiger partial charge is 0.468 e. The maximum Gasteiger partial charge on any atom is 0.325 e. The minimum atomic E-state index is -3.94. The van der Waals surface area contributed by atoms with Crippen molar-refractivity contribution in [2.75, 3.05) is 13.7 Å². The number of sulfonamides is 1. The van der Waals surface area contributed by atoms with E-state index in [0.717, 1.165) is 11.4 Å². The molecule has 0 aromatic rings. The molecule has 0 amide bonds. The van der Waals surface area contributed by atoms with Gasteiger partial charge in [0.15, 0.2) is 5.25 Å². The number of methoxy groups -OCH3 is 1. The van der Waals surface area contributed by atoms with Gasteiger partial charge in [-0.05, 0) is 40.5 Å². The first-order valence-corrected chi connectivity index (χ1v) is 8.32. The zero-order valence-corrected chi connectivity index (χ0v) is 13.9. The van der Waals surface area contributed by atoms with E-state index in [-0.39, 0.29) is 6.54 Å². The highest BCUT2D eigenvalue weighted by Gasteiger charge is 2.45. The first-order chi connectivity index (χ1) is 9.50. The summed E-state index contributed by atoms with van der Waals surface area (Å²) in [5.74, 6) is -1.43. The van der Waals surface area contributed by atoms with Crippen molar-refractivity contribution in [2.24, 2.45) is 0 Å². The van der Waals surface area contributed by atoms with Crippen molar-refractivity contribution >= 4 is 22.0 Å². The summed E-state index contributed by atoms with van der Waals surface area (Å²) < 4.78 is 35.6. The van der Waals surface area contributed by atoms with E-state index < -0.39 is 38.9 Å². The quantitative estimate of drug-likeness (QED) is 0.708. The van der Waals surface area contributed by atoms with Gasteiger partial charge in [-0.1, -0.05) is 0 Å². The molecule has 0 bridgehead atoms. The Kier molecular flexibility index (Phi) is 5.38. The molecule has 1 fully saturated rings. The third-order valence-corrected chi connectivity index (χ3v) is 5.37. The third-order valence-electron chi connectivity index (χ3n) is 3.19. The summed E-state index contributed by atoms with van der Waals surface area (Å²) in [4.78, 5) is 23.6. The van der Waals surface area contributed by atoms with E-state index in [1.807, 2.05) is 0 Å². The summed E-state index contributed by atoms with van der Waals surface area (Å²) in [5.41, 5.74) is -0.691. The van der Waals surface area contributed by atoms with Crippen LogP contribution >= 0.6 is 0 Å². The van der Waals surface area contributed by atoms with E-state index >= 15 is 0 Å². The fourth-order valence-corrected chi connectivity index (χ4v) is 3.82. The zero-order valence-electron chi connectivity index (χ0n) is 13.1. The maximum atomic E-state index is 12.4. The predicted molar refractivity (Wildman–Crippen MR) is 76.0 cm³/mol. The molecule has 122 valence electrons. The first-order valence-electron chi connectivity index (χ1n) is 6.82. The number of esters is 2. The van der Waals surface area contributed by atoms with Crippen molar-refractivity contribution in [1.82, 2.24) is 4.31 Å². The molecule has 1 saturated heterocycles. The van der Waals surface area contributed by atoms with E-state index in [1.165, 1.54) is 6.92 Å². The molecule has 21 heavy (non-hydrogen) atoms. The summed E-state index contributed by atoms with van der Waals surface area (Å²) in [6, 6.07) is -0.874. The fraction of sp³-hybridized carbons (Fsp3) is 0.846. The molecule has 1 aliphatic heterocycles. The summed E-state index contributed by atoms with van der Waals surface area (Å²) in [6.07, 6.45) is 0.944. The molecule has 1 heterocycles. The molecule has 0 aliphatic carbocycles. The Labute approximate surface area is 125 Å². The van der Waals surface area contributed by atoms with Gasteiger partial charge in [-0.25, -0.2) is 8.42 Å². The van der Waals surface area contributed by atoms with Gasteiger partial charge in [0, 0.05) is 6.54 Å². The van der Waals surface area contributed by atoms with Crippen LogP contribution in [0.3, 0.4) is 0 Å². The van der Waals surface area contributed by atoms with Crippen molar-refractivity contribution in [3.05, 3.63) is 0 Å². The fourth-order valence-electron chi connectivity index (χ4n) is 2.14. The van der Waals surface area contributed by atoms with Crippen LogP contribution in [0.15, 0.2) is 0 Å². The molecule has 0 N–H and O–H groups in total. The number of hydrogen-bond acceptors (Lipinski definition) is 6. The van der Waals surface area contributed by atoms with Gasteiger partial charge in [0.05, 0.1) is 7.11 Å². The Morgan fingerprint density at radius 3 is 2.33 bits per heavy atom. The molecule has 0 spiro atoms. The van der Waals surface area contributed by atoms with Gasteiger partial charge in [-0.2, -0.15) is 4.31 Å². The lowest BCUT2D eigenvalue weighted by Crippen LogP contribution is -2.48. The predicted octanol–water partition coefficient (Wildman–Crippen LogP) is 0.684. The average Bonchev–Trinajstić information content (AvgIpc) is 2.84.